The molecule has 0 fully saturated rings. The largest absolute Gasteiger partial charge is 0.493 e. The van der Waals surface area contributed by atoms with Crippen LogP contribution < -0.4 is 14.2 Å². The first kappa shape index (κ1) is 15.1. The predicted octanol–water partition coefficient (Wildman–Crippen LogP) is 3.19. The molecule has 0 spiro atoms. The average molecular weight is 318 g/mol. The van der Waals surface area contributed by atoms with Gasteiger partial charge in [0.25, 0.3) is 0 Å². The van der Waals surface area contributed by atoms with Crippen LogP contribution in [0.25, 0.3) is 0 Å². The van der Waals surface area contributed by atoms with Crippen molar-refractivity contribution in [1.82, 2.24) is 0 Å². The van der Waals surface area contributed by atoms with Gasteiger partial charge in [-0.2, -0.15) is 0 Å². The number of aliphatic carboxylic acids is 1. The molecule has 0 amide bonds. The molecule has 1 aliphatic heterocycles. The maximum Gasteiger partial charge on any atom is 0.311 e. The molecule has 0 bridgehead atoms. The molecule has 1 atom stereocenters. The van der Waals surface area contributed by atoms with Crippen LogP contribution in [0, 0.1) is 5.82 Å². The summed E-state index contributed by atoms with van der Waals surface area (Å²) in [6.07, 6.45) is 0.273. The van der Waals surface area contributed by atoms with Gasteiger partial charge in [-0.05, 0) is 36.2 Å². The highest BCUT2D eigenvalue weighted by molar-refractivity contribution is 5.76. The first-order chi connectivity index (χ1) is 11.1. The van der Waals surface area contributed by atoms with E-state index >= 15 is 0 Å². The highest BCUT2D eigenvalue weighted by Gasteiger charge is 2.20. The number of ether oxygens (including phenoxy) is 3. The van der Waals surface area contributed by atoms with Crippen LogP contribution >= 0.6 is 0 Å². The number of benzene rings is 2. The molecule has 0 aromatic heterocycles. The van der Waals surface area contributed by atoms with Crippen molar-refractivity contribution >= 4 is 5.97 Å². The standard InChI is InChI=1S/C17H15FO5/c18-12-3-1-11(2-4-12)14(17(19)20)7-8-21-13-5-6-15-16(9-13)23-10-22-15/h1-6,9,14H,7-8,10H2,(H,19,20). The van der Waals surface area contributed by atoms with E-state index in [1.165, 1.54) is 24.3 Å². The zero-order valence-electron chi connectivity index (χ0n) is 12.2. The summed E-state index contributed by atoms with van der Waals surface area (Å²) in [5.41, 5.74) is 0.549. The molecule has 5 nitrogen and oxygen atoms in total. The molecule has 1 unspecified atom stereocenters. The van der Waals surface area contributed by atoms with Crippen molar-refractivity contribution in [2.45, 2.75) is 12.3 Å². The zero-order chi connectivity index (χ0) is 16.2. The van der Waals surface area contributed by atoms with Crippen molar-refractivity contribution < 1.29 is 28.5 Å². The van der Waals surface area contributed by atoms with E-state index < -0.39 is 17.7 Å². The Hall–Kier alpha value is -2.76. The third-order valence-corrected chi connectivity index (χ3v) is 3.59. The SMILES string of the molecule is O=C(O)C(CCOc1ccc2c(c1)OCO2)c1ccc(F)cc1. The molecule has 1 N–H and O–H groups in total. The van der Waals surface area contributed by atoms with E-state index in [1.807, 2.05) is 0 Å². The number of halogens is 1. The number of carboxylic acid groups (broad SMARTS) is 1. The van der Waals surface area contributed by atoms with E-state index in [4.69, 9.17) is 14.2 Å². The van der Waals surface area contributed by atoms with Crippen molar-refractivity contribution in [3.05, 3.63) is 53.8 Å². The van der Waals surface area contributed by atoms with Crippen LogP contribution in [-0.2, 0) is 4.79 Å². The van der Waals surface area contributed by atoms with E-state index in [1.54, 1.807) is 18.2 Å². The number of carboxylic acids is 1. The summed E-state index contributed by atoms with van der Waals surface area (Å²) in [7, 11) is 0. The second-order valence-corrected chi connectivity index (χ2v) is 5.09. The van der Waals surface area contributed by atoms with E-state index in [9.17, 15) is 14.3 Å². The summed E-state index contributed by atoms with van der Waals surface area (Å²) >= 11 is 0. The van der Waals surface area contributed by atoms with E-state index in [2.05, 4.69) is 0 Å². The van der Waals surface area contributed by atoms with Gasteiger partial charge in [0.2, 0.25) is 6.79 Å². The van der Waals surface area contributed by atoms with Crippen LogP contribution in [-0.4, -0.2) is 24.5 Å². The number of hydrogen-bond acceptors (Lipinski definition) is 4. The molecular formula is C17H15FO5. The Morgan fingerprint density at radius 3 is 2.65 bits per heavy atom. The first-order valence-corrected chi connectivity index (χ1v) is 7.14. The van der Waals surface area contributed by atoms with Crippen molar-refractivity contribution in [1.29, 1.82) is 0 Å². The van der Waals surface area contributed by atoms with Gasteiger partial charge in [0.1, 0.15) is 11.6 Å². The van der Waals surface area contributed by atoms with E-state index in [0.29, 0.717) is 22.8 Å². The minimum Gasteiger partial charge on any atom is -0.493 e. The molecule has 6 heteroatoms. The van der Waals surface area contributed by atoms with E-state index in [0.717, 1.165) is 0 Å². The van der Waals surface area contributed by atoms with E-state index in [-0.39, 0.29) is 19.8 Å². The first-order valence-electron chi connectivity index (χ1n) is 7.14. The lowest BCUT2D eigenvalue weighted by molar-refractivity contribution is -0.139. The smallest absolute Gasteiger partial charge is 0.311 e. The fourth-order valence-electron chi connectivity index (χ4n) is 2.39. The number of rotatable bonds is 6. The third-order valence-electron chi connectivity index (χ3n) is 3.59. The fraction of sp³-hybridized carbons (Fsp3) is 0.235. The monoisotopic (exact) mass is 318 g/mol. The maximum atomic E-state index is 12.9. The normalized spacial score (nSPS) is 13.6. The second-order valence-electron chi connectivity index (χ2n) is 5.09. The van der Waals surface area contributed by atoms with Crippen LogP contribution in [0.15, 0.2) is 42.5 Å². The third kappa shape index (κ3) is 3.53. The highest BCUT2D eigenvalue weighted by Crippen LogP contribution is 2.35. The summed E-state index contributed by atoms with van der Waals surface area (Å²) in [6.45, 7) is 0.401. The Labute approximate surface area is 132 Å². The number of fused-ring (bicyclic) bond motifs is 1. The van der Waals surface area contributed by atoms with Gasteiger partial charge in [0, 0.05) is 6.07 Å². The second kappa shape index (κ2) is 6.56. The molecule has 0 saturated carbocycles. The predicted molar refractivity (Wildman–Crippen MR) is 79.5 cm³/mol. The summed E-state index contributed by atoms with van der Waals surface area (Å²) in [4.78, 5) is 11.4. The zero-order valence-corrected chi connectivity index (χ0v) is 12.2. The maximum absolute atomic E-state index is 12.9. The summed E-state index contributed by atoms with van der Waals surface area (Å²) in [5, 5.41) is 9.33. The Morgan fingerprint density at radius 2 is 1.91 bits per heavy atom. The van der Waals surface area contributed by atoms with Crippen LogP contribution in [0.2, 0.25) is 0 Å². The molecule has 0 aliphatic carbocycles. The molecule has 2 aromatic rings. The molecule has 0 radical (unpaired) electrons. The van der Waals surface area contributed by atoms with Gasteiger partial charge in [-0.25, -0.2) is 4.39 Å². The van der Waals surface area contributed by atoms with Crippen LogP contribution in [0.5, 0.6) is 17.2 Å². The van der Waals surface area contributed by atoms with Crippen LogP contribution in [0.1, 0.15) is 17.9 Å². The minimum atomic E-state index is -0.967. The van der Waals surface area contributed by atoms with Gasteiger partial charge in [-0.15, -0.1) is 0 Å². The number of carbonyl (C=O) groups is 1. The Bertz CT molecular complexity index is 699. The van der Waals surface area contributed by atoms with Crippen LogP contribution in [0.3, 0.4) is 0 Å². The van der Waals surface area contributed by atoms with Crippen LogP contribution in [0.4, 0.5) is 4.39 Å². The average Bonchev–Trinajstić information content (AvgIpc) is 3.00. The highest BCUT2D eigenvalue weighted by atomic mass is 19.1. The van der Waals surface area contributed by atoms with Crippen molar-refractivity contribution in [2.24, 2.45) is 0 Å². The Morgan fingerprint density at radius 1 is 1.17 bits per heavy atom. The Kier molecular flexibility index (Phi) is 4.32. The quantitative estimate of drug-likeness (QED) is 0.886. The molecule has 2 aromatic carbocycles. The number of hydrogen-bond donors (Lipinski definition) is 1. The van der Waals surface area contributed by atoms with Crippen molar-refractivity contribution in [3.8, 4) is 17.2 Å². The van der Waals surface area contributed by atoms with Gasteiger partial charge in [-0.3, -0.25) is 4.79 Å². The lowest BCUT2D eigenvalue weighted by atomic mass is 9.96. The summed E-state index contributed by atoms with van der Waals surface area (Å²) in [5.74, 6) is -0.259. The fourth-order valence-corrected chi connectivity index (χ4v) is 2.39. The molecule has 3 rings (SSSR count). The molecule has 1 heterocycles. The molecular weight excluding hydrogens is 303 g/mol. The van der Waals surface area contributed by atoms with Crippen molar-refractivity contribution in [2.75, 3.05) is 13.4 Å². The Balaban J connectivity index is 1.61. The van der Waals surface area contributed by atoms with Crippen molar-refractivity contribution in [3.63, 3.8) is 0 Å². The lowest BCUT2D eigenvalue weighted by Crippen LogP contribution is -2.15. The topological polar surface area (TPSA) is 65.0 Å². The van der Waals surface area contributed by atoms with Gasteiger partial charge in [0.15, 0.2) is 11.5 Å². The van der Waals surface area contributed by atoms with Gasteiger partial charge < -0.3 is 19.3 Å². The lowest BCUT2D eigenvalue weighted by Gasteiger charge is -2.13. The molecule has 120 valence electrons. The summed E-state index contributed by atoms with van der Waals surface area (Å²) in [6, 6.07) is 10.7. The molecule has 23 heavy (non-hydrogen) atoms. The van der Waals surface area contributed by atoms with Gasteiger partial charge in [0.05, 0.1) is 12.5 Å². The van der Waals surface area contributed by atoms with Gasteiger partial charge >= 0.3 is 5.97 Å². The molecule has 0 saturated heterocycles. The minimum absolute atomic E-state index is 0.185. The van der Waals surface area contributed by atoms with Gasteiger partial charge in [-0.1, -0.05) is 12.1 Å². The summed E-state index contributed by atoms with van der Waals surface area (Å²) < 4.78 is 29.0. The molecule has 1 aliphatic rings.